The van der Waals surface area contributed by atoms with E-state index in [1.807, 2.05) is 100 Å². The lowest BCUT2D eigenvalue weighted by atomic mass is 9.70. The third-order valence-corrected chi connectivity index (χ3v) is 8.77. The van der Waals surface area contributed by atoms with Gasteiger partial charge >= 0.3 is 0 Å². The molecule has 3 aliphatic rings. The van der Waals surface area contributed by atoms with E-state index in [-0.39, 0.29) is 34.6 Å². The van der Waals surface area contributed by atoms with Crippen LogP contribution in [0.3, 0.4) is 0 Å². The van der Waals surface area contributed by atoms with Gasteiger partial charge in [0.1, 0.15) is 34.9 Å². The SMILES string of the molecule is CCOc1ccc(N2C(=O)[C@H](Oc3ccc(C4C(C#N)=C(N)OC5=C4C(=O)CC(C)(C)C5)cc3)[C@@H]2c2ccc(N(C)C)cc2)cc1. The van der Waals surface area contributed by atoms with Crippen LogP contribution in [0, 0.1) is 16.7 Å². The van der Waals surface area contributed by atoms with Crippen LogP contribution >= 0.6 is 0 Å². The van der Waals surface area contributed by atoms with Crippen molar-refractivity contribution in [3.63, 3.8) is 0 Å². The van der Waals surface area contributed by atoms with Crippen LogP contribution in [0.25, 0.3) is 0 Å². The van der Waals surface area contributed by atoms with Gasteiger partial charge in [0.2, 0.25) is 12.0 Å². The fourth-order valence-corrected chi connectivity index (χ4v) is 6.53. The first-order valence-electron chi connectivity index (χ1n) is 15.4. The number of hydrogen-bond acceptors (Lipinski definition) is 8. The number of Topliss-reactive ketones (excluding diaryl/α,β-unsaturated/α-hetero) is 1. The van der Waals surface area contributed by atoms with E-state index in [9.17, 15) is 14.9 Å². The highest BCUT2D eigenvalue weighted by atomic mass is 16.5. The predicted octanol–water partition coefficient (Wildman–Crippen LogP) is 6.14. The Kier molecular flexibility index (Phi) is 7.99. The molecule has 0 spiro atoms. The number of nitriles is 1. The Morgan fingerprint density at radius 3 is 2.20 bits per heavy atom. The minimum absolute atomic E-state index is 0.0228. The molecule has 6 rings (SSSR count). The zero-order valence-corrected chi connectivity index (χ0v) is 26.7. The lowest BCUT2D eigenvalue weighted by molar-refractivity contribution is -0.135. The molecule has 0 saturated carbocycles. The first-order valence-corrected chi connectivity index (χ1v) is 15.4. The molecule has 46 heavy (non-hydrogen) atoms. The van der Waals surface area contributed by atoms with Crippen molar-refractivity contribution in [3.05, 3.63) is 107 Å². The Hall–Kier alpha value is -5.23. The summed E-state index contributed by atoms with van der Waals surface area (Å²) in [5.41, 5.74) is 10.1. The molecule has 236 valence electrons. The number of allylic oxidation sites excluding steroid dienone is 3. The molecule has 1 amide bonds. The van der Waals surface area contributed by atoms with Crippen LogP contribution in [0.4, 0.5) is 11.4 Å². The van der Waals surface area contributed by atoms with Crippen molar-refractivity contribution in [2.24, 2.45) is 11.1 Å². The van der Waals surface area contributed by atoms with Crippen LogP contribution in [0.5, 0.6) is 11.5 Å². The molecule has 3 atom stereocenters. The average molecular weight is 619 g/mol. The summed E-state index contributed by atoms with van der Waals surface area (Å²) in [5.74, 6) is 0.948. The highest BCUT2D eigenvalue weighted by Gasteiger charge is 2.51. The summed E-state index contributed by atoms with van der Waals surface area (Å²) in [5, 5.41) is 9.98. The number of ketones is 1. The number of hydrogen-bond donors (Lipinski definition) is 1. The second-order valence-electron chi connectivity index (χ2n) is 12.9. The number of benzene rings is 3. The van der Waals surface area contributed by atoms with Crippen molar-refractivity contribution in [1.29, 1.82) is 5.26 Å². The molecule has 9 heteroatoms. The highest BCUT2D eigenvalue weighted by Crippen LogP contribution is 2.48. The van der Waals surface area contributed by atoms with Gasteiger partial charge in [-0.05, 0) is 72.0 Å². The third-order valence-electron chi connectivity index (χ3n) is 8.77. The summed E-state index contributed by atoms with van der Waals surface area (Å²) in [6, 6.07) is 24.6. The van der Waals surface area contributed by atoms with E-state index < -0.39 is 12.0 Å². The summed E-state index contributed by atoms with van der Waals surface area (Å²) in [4.78, 5) is 30.8. The smallest absolute Gasteiger partial charge is 0.271 e. The zero-order chi connectivity index (χ0) is 32.7. The Labute approximate surface area is 269 Å². The van der Waals surface area contributed by atoms with Gasteiger partial charge in [0.25, 0.3) is 5.91 Å². The minimum atomic E-state index is -0.757. The third kappa shape index (κ3) is 5.56. The molecule has 3 aromatic rings. The molecule has 2 heterocycles. The standard InChI is InChI=1S/C37H38N4O5/c1-6-44-26-17-13-25(14-18-26)41-33(23-7-11-24(12-8-23)40(4)5)34(36(41)43)45-27-15-9-22(10-16-27)31-28(21-38)35(39)46-30-20-37(2,3)19-29(42)32(30)31/h7-18,31,33-34H,6,19-20,39H2,1-5H3/t31?,33-,34+/m0/s1. The van der Waals surface area contributed by atoms with Gasteiger partial charge < -0.3 is 24.8 Å². The maximum absolute atomic E-state index is 13.7. The number of amides is 1. The maximum atomic E-state index is 13.7. The number of nitrogens with zero attached hydrogens (tertiary/aromatic N) is 3. The van der Waals surface area contributed by atoms with E-state index in [2.05, 4.69) is 6.07 Å². The molecule has 0 aromatic heterocycles. The van der Waals surface area contributed by atoms with E-state index in [1.165, 1.54) is 0 Å². The molecular formula is C37H38N4O5. The van der Waals surface area contributed by atoms with Crippen molar-refractivity contribution in [2.45, 2.75) is 51.7 Å². The first-order chi connectivity index (χ1) is 22.0. The zero-order valence-electron chi connectivity index (χ0n) is 26.7. The normalized spacial score (nSPS) is 22.0. The first kappa shape index (κ1) is 30.8. The Balaban J connectivity index is 1.29. The van der Waals surface area contributed by atoms with Crippen LogP contribution < -0.4 is 25.0 Å². The molecule has 1 aliphatic carbocycles. The molecule has 0 bridgehead atoms. The van der Waals surface area contributed by atoms with E-state index in [0.717, 1.165) is 28.3 Å². The Bertz CT molecular complexity index is 1770. The fraction of sp³-hybridized carbons (Fsp3) is 0.324. The molecule has 2 aliphatic heterocycles. The number of rotatable bonds is 8. The summed E-state index contributed by atoms with van der Waals surface area (Å²) in [7, 11) is 3.96. The number of anilines is 2. The number of β-lactam (4-membered cyclic amide) rings is 1. The topological polar surface area (TPSA) is 118 Å². The van der Waals surface area contributed by atoms with Crippen molar-refractivity contribution in [2.75, 3.05) is 30.5 Å². The van der Waals surface area contributed by atoms with Crippen LogP contribution in [-0.2, 0) is 14.3 Å². The number of ether oxygens (including phenoxy) is 3. The quantitative estimate of drug-likeness (QED) is 0.299. The molecular weight excluding hydrogens is 580 g/mol. The van der Waals surface area contributed by atoms with Crippen LogP contribution in [-0.4, -0.2) is 38.5 Å². The number of nitrogens with two attached hydrogens (primary N) is 1. The minimum Gasteiger partial charge on any atom is -0.494 e. The van der Waals surface area contributed by atoms with Crippen molar-refractivity contribution in [1.82, 2.24) is 0 Å². The predicted molar refractivity (Wildman–Crippen MR) is 175 cm³/mol. The van der Waals surface area contributed by atoms with Gasteiger partial charge in [0.05, 0.1) is 12.5 Å². The van der Waals surface area contributed by atoms with Gasteiger partial charge in [0.15, 0.2) is 5.78 Å². The van der Waals surface area contributed by atoms with E-state index in [4.69, 9.17) is 19.9 Å². The fourth-order valence-electron chi connectivity index (χ4n) is 6.53. The van der Waals surface area contributed by atoms with Crippen molar-refractivity contribution >= 4 is 23.1 Å². The second kappa shape index (κ2) is 11.9. The van der Waals surface area contributed by atoms with E-state index in [0.29, 0.717) is 36.5 Å². The van der Waals surface area contributed by atoms with Gasteiger partial charge in [-0.3, -0.25) is 14.5 Å². The van der Waals surface area contributed by atoms with Crippen molar-refractivity contribution in [3.8, 4) is 17.6 Å². The van der Waals surface area contributed by atoms with Crippen LogP contribution in [0.15, 0.2) is 95.6 Å². The van der Waals surface area contributed by atoms with Gasteiger partial charge in [0, 0.05) is 43.9 Å². The van der Waals surface area contributed by atoms with Gasteiger partial charge in [-0.25, -0.2) is 0 Å². The molecule has 3 aromatic carbocycles. The molecule has 1 fully saturated rings. The average Bonchev–Trinajstić information content (AvgIpc) is 3.02. The van der Waals surface area contributed by atoms with Gasteiger partial charge in [-0.15, -0.1) is 0 Å². The van der Waals surface area contributed by atoms with Gasteiger partial charge in [-0.1, -0.05) is 38.1 Å². The van der Waals surface area contributed by atoms with Crippen LogP contribution in [0.2, 0.25) is 0 Å². The van der Waals surface area contributed by atoms with Crippen molar-refractivity contribution < 1.29 is 23.8 Å². The lowest BCUT2D eigenvalue weighted by Gasteiger charge is -2.46. The summed E-state index contributed by atoms with van der Waals surface area (Å²) in [6.45, 7) is 6.52. The summed E-state index contributed by atoms with van der Waals surface area (Å²) < 4.78 is 17.8. The summed E-state index contributed by atoms with van der Waals surface area (Å²) in [6.07, 6.45) is 0.153. The molecule has 1 unspecified atom stereocenters. The van der Waals surface area contributed by atoms with E-state index >= 15 is 0 Å². The second-order valence-corrected chi connectivity index (χ2v) is 12.9. The number of carbonyl (C=O) groups excluding carboxylic acids is 2. The molecule has 9 nitrogen and oxygen atoms in total. The summed E-state index contributed by atoms with van der Waals surface area (Å²) >= 11 is 0. The van der Waals surface area contributed by atoms with E-state index in [1.54, 1.807) is 17.0 Å². The monoisotopic (exact) mass is 618 g/mol. The lowest BCUT2D eigenvalue weighted by Crippen LogP contribution is -2.61. The molecule has 1 saturated heterocycles. The van der Waals surface area contributed by atoms with Gasteiger partial charge in [-0.2, -0.15) is 5.26 Å². The Morgan fingerprint density at radius 2 is 1.59 bits per heavy atom. The largest absolute Gasteiger partial charge is 0.494 e. The Morgan fingerprint density at radius 1 is 0.957 bits per heavy atom. The number of carbonyl (C=O) groups is 2. The molecule has 0 radical (unpaired) electrons. The van der Waals surface area contributed by atoms with Crippen LogP contribution in [0.1, 0.15) is 56.7 Å². The molecule has 2 N–H and O–H groups in total. The maximum Gasteiger partial charge on any atom is 0.271 e. The highest BCUT2D eigenvalue weighted by molar-refractivity contribution is 6.05.